The molecule has 7 heteroatoms. The van der Waals surface area contributed by atoms with E-state index in [1.807, 2.05) is 36.5 Å². The van der Waals surface area contributed by atoms with E-state index in [-0.39, 0.29) is 0 Å². The normalized spacial score (nSPS) is 18.3. The third-order valence-corrected chi connectivity index (χ3v) is 5.11. The van der Waals surface area contributed by atoms with E-state index in [0.29, 0.717) is 5.56 Å². The van der Waals surface area contributed by atoms with Crippen LogP contribution in [0.15, 0.2) is 36.5 Å². The van der Waals surface area contributed by atoms with Crippen molar-refractivity contribution >= 4 is 11.8 Å². The second-order valence-electron chi connectivity index (χ2n) is 6.89. The molecular weight excluding hydrogens is 340 g/mol. The van der Waals surface area contributed by atoms with Gasteiger partial charge in [0.1, 0.15) is 5.82 Å². The molecule has 1 aromatic heterocycles. The van der Waals surface area contributed by atoms with Gasteiger partial charge in [-0.05, 0) is 23.8 Å². The predicted octanol–water partition coefficient (Wildman–Crippen LogP) is 1.51. The van der Waals surface area contributed by atoms with E-state index in [0.717, 1.165) is 70.8 Å². The lowest BCUT2D eigenvalue weighted by molar-refractivity contribution is 0.122. The lowest BCUT2D eigenvalue weighted by Crippen LogP contribution is -2.46. The Hall–Kier alpha value is -2.69. The van der Waals surface area contributed by atoms with E-state index >= 15 is 0 Å². The molecule has 2 aromatic rings. The van der Waals surface area contributed by atoms with E-state index in [4.69, 9.17) is 15.0 Å². The van der Waals surface area contributed by atoms with Gasteiger partial charge < -0.3 is 14.5 Å². The number of nitriles is 1. The van der Waals surface area contributed by atoms with Gasteiger partial charge in [0.2, 0.25) is 5.95 Å². The van der Waals surface area contributed by atoms with Crippen molar-refractivity contribution in [1.29, 1.82) is 5.26 Å². The number of piperazine rings is 1. The highest BCUT2D eigenvalue weighted by Gasteiger charge is 2.20. The maximum Gasteiger partial charge on any atom is 0.227 e. The highest BCUT2D eigenvalue weighted by Crippen LogP contribution is 2.18. The van der Waals surface area contributed by atoms with Crippen LogP contribution in [0.5, 0.6) is 0 Å². The largest absolute Gasteiger partial charge is 0.378 e. The molecule has 140 valence electrons. The van der Waals surface area contributed by atoms with Crippen molar-refractivity contribution in [1.82, 2.24) is 14.9 Å². The molecule has 2 aliphatic rings. The molecular formula is C20H24N6O. The van der Waals surface area contributed by atoms with Crippen LogP contribution in [0.3, 0.4) is 0 Å². The Morgan fingerprint density at radius 1 is 0.926 bits per heavy atom. The summed E-state index contributed by atoms with van der Waals surface area (Å²) in [7, 11) is 0. The monoisotopic (exact) mass is 364 g/mol. The second-order valence-corrected chi connectivity index (χ2v) is 6.89. The summed E-state index contributed by atoms with van der Waals surface area (Å²) in [6.45, 7) is 7.99. The first kappa shape index (κ1) is 17.7. The number of aromatic nitrogens is 2. The first-order chi connectivity index (χ1) is 13.3. The van der Waals surface area contributed by atoms with Crippen molar-refractivity contribution in [2.75, 3.05) is 62.3 Å². The van der Waals surface area contributed by atoms with E-state index in [1.165, 1.54) is 5.56 Å². The number of rotatable bonds is 4. The summed E-state index contributed by atoms with van der Waals surface area (Å²) in [6, 6.07) is 12.0. The SMILES string of the molecule is N#Cc1ccc(CN2CCN(c3ccnc(N4CCOCC4)n3)CC2)cc1. The van der Waals surface area contributed by atoms with Gasteiger partial charge in [0.15, 0.2) is 0 Å². The van der Waals surface area contributed by atoms with Gasteiger partial charge in [-0.25, -0.2) is 4.98 Å². The van der Waals surface area contributed by atoms with Crippen LogP contribution in [0.2, 0.25) is 0 Å². The third-order valence-electron chi connectivity index (χ3n) is 5.11. The molecule has 0 bridgehead atoms. The molecule has 0 radical (unpaired) electrons. The minimum Gasteiger partial charge on any atom is -0.378 e. The molecule has 0 unspecified atom stereocenters. The summed E-state index contributed by atoms with van der Waals surface area (Å²) in [4.78, 5) is 16.2. The summed E-state index contributed by atoms with van der Waals surface area (Å²) in [5, 5.41) is 8.90. The van der Waals surface area contributed by atoms with Gasteiger partial charge >= 0.3 is 0 Å². The summed E-state index contributed by atoms with van der Waals surface area (Å²) < 4.78 is 5.41. The zero-order valence-electron chi connectivity index (χ0n) is 15.4. The van der Waals surface area contributed by atoms with Crippen LogP contribution in [0, 0.1) is 11.3 Å². The van der Waals surface area contributed by atoms with Gasteiger partial charge in [-0.2, -0.15) is 10.2 Å². The highest BCUT2D eigenvalue weighted by atomic mass is 16.5. The van der Waals surface area contributed by atoms with E-state index < -0.39 is 0 Å². The van der Waals surface area contributed by atoms with Gasteiger partial charge in [0.05, 0.1) is 24.8 Å². The zero-order valence-corrected chi connectivity index (χ0v) is 15.4. The van der Waals surface area contributed by atoms with Crippen LogP contribution < -0.4 is 9.80 Å². The molecule has 1 aromatic carbocycles. The quantitative estimate of drug-likeness (QED) is 0.814. The lowest BCUT2D eigenvalue weighted by atomic mass is 10.1. The van der Waals surface area contributed by atoms with Gasteiger partial charge in [-0.1, -0.05) is 12.1 Å². The Balaban J connectivity index is 1.34. The van der Waals surface area contributed by atoms with E-state index in [9.17, 15) is 0 Å². The second kappa shape index (κ2) is 8.33. The highest BCUT2D eigenvalue weighted by molar-refractivity contribution is 5.44. The molecule has 2 fully saturated rings. The van der Waals surface area contributed by atoms with Crippen molar-refractivity contribution in [2.24, 2.45) is 0 Å². The number of hydrogen-bond acceptors (Lipinski definition) is 7. The van der Waals surface area contributed by atoms with Crippen LogP contribution in [0.25, 0.3) is 0 Å². The Morgan fingerprint density at radius 3 is 2.37 bits per heavy atom. The number of benzene rings is 1. The molecule has 3 heterocycles. The number of nitrogens with zero attached hydrogens (tertiary/aromatic N) is 6. The molecule has 0 aliphatic carbocycles. The Bertz CT molecular complexity index is 789. The van der Waals surface area contributed by atoms with Crippen molar-refractivity contribution < 1.29 is 4.74 Å². The van der Waals surface area contributed by atoms with Crippen molar-refractivity contribution in [3.05, 3.63) is 47.7 Å². The maximum absolute atomic E-state index is 8.90. The number of hydrogen-bond donors (Lipinski definition) is 0. The Labute approximate surface area is 159 Å². The third kappa shape index (κ3) is 4.35. The van der Waals surface area contributed by atoms with Crippen molar-refractivity contribution in [3.63, 3.8) is 0 Å². The van der Waals surface area contributed by atoms with Gasteiger partial charge in [0.25, 0.3) is 0 Å². The average molecular weight is 364 g/mol. The average Bonchev–Trinajstić information content (AvgIpc) is 2.75. The zero-order chi connectivity index (χ0) is 18.5. The predicted molar refractivity (Wildman–Crippen MR) is 104 cm³/mol. The summed E-state index contributed by atoms with van der Waals surface area (Å²) >= 11 is 0. The molecule has 2 aliphatic heterocycles. The van der Waals surface area contributed by atoms with Gasteiger partial charge in [0, 0.05) is 52.0 Å². The molecule has 7 nitrogen and oxygen atoms in total. The minimum absolute atomic E-state index is 0.711. The lowest BCUT2D eigenvalue weighted by Gasteiger charge is -2.36. The Kier molecular flexibility index (Phi) is 5.47. The van der Waals surface area contributed by atoms with Crippen molar-refractivity contribution in [3.8, 4) is 6.07 Å². The van der Waals surface area contributed by atoms with Crippen LogP contribution in [0.1, 0.15) is 11.1 Å². The van der Waals surface area contributed by atoms with E-state index in [1.54, 1.807) is 0 Å². The summed E-state index contributed by atoms with van der Waals surface area (Å²) in [5.74, 6) is 1.81. The summed E-state index contributed by atoms with van der Waals surface area (Å²) in [5.41, 5.74) is 1.96. The molecule has 0 N–H and O–H groups in total. The first-order valence-corrected chi connectivity index (χ1v) is 9.44. The maximum atomic E-state index is 8.90. The Morgan fingerprint density at radius 2 is 1.67 bits per heavy atom. The van der Waals surface area contributed by atoms with E-state index in [2.05, 4.69) is 25.8 Å². The first-order valence-electron chi connectivity index (χ1n) is 9.44. The molecule has 2 saturated heterocycles. The number of anilines is 2. The fourth-order valence-electron chi connectivity index (χ4n) is 3.51. The smallest absolute Gasteiger partial charge is 0.227 e. The molecule has 27 heavy (non-hydrogen) atoms. The van der Waals surface area contributed by atoms with Gasteiger partial charge in [-0.15, -0.1) is 0 Å². The molecule has 0 amide bonds. The molecule has 4 rings (SSSR count). The number of ether oxygens (including phenoxy) is 1. The molecule has 0 spiro atoms. The fourth-order valence-corrected chi connectivity index (χ4v) is 3.51. The van der Waals surface area contributed by atoms with Crippen molar-refractivity contribution in [2.45, 2.75) is 6.54 Å². The number of morpholine rings is 1. The fraction of sp³-hybridized carbons (Fsp3) is 0.450. The van der Waals surface area contributed by atoms with Crippen LogP contribution in [-0.4, -0.2) is 67.4 Å². The molecule has 0 atom stereocenters. The topological polar surface area (TPSA) is 68.5 Å². The molecule has 0 saturated carbocycles. The van der Waals surface area contributed by atoms with Crippen LogP contribution in [-0.2, 0) is 11.3 Å². The van der Waals surface area contributed by atoms with Crippen LogP contribution >= 0.6 is 0 Å². The summed E-state index contributed by atoms with van der Waals surface area (Å²) in [6.07, 6.45) is 1.86. The minimum atomic E-state index is 0.711. The standard InChI is InChI=1S/C20H24N6O/c21-15-17-1-3-18(4-2-17)16-24-7-9-25(10-8-24)19-5-6-22-20(23-19)26-11-13-27-14-12-26/h1-6H,7-14,16H2. The van der Waals surface area contributed by atoms with Crippen LogP contribution in [0.4, 0.5) is 11.8 Å². The van der Waals surface area contributed by atoms with Gasteiger partial charge in [-0.3, -0.25) is 4.90 Å².